The zero-order valence-electron chi connectivity index (χ0n) is 17.4. The third-order valence-corrected chi connectivity index (χ3v) is 4.56. The Labute approximate surface area is 171 Å². The summed E-state index contributed by atoms with van der Waals surface area (Å²) >= 11 is 0. The topological polar surface area (TPSA) is 58.6 Å². The van der Waals surface area contributed by atoms with Gasteiger partial charge < -0.3 is 15.0 Å². The second kappa shape index (κ2) is 10.6. The lowest BCUT2D eigenvalue weighted by molar-refractivity contribution is -0.142. The van der Waals surface area contributed by atoms with Gasteiger partial charge in [0.25, 0.3) is 5.91 Å². The van der Waals surface area contributed by atoms with Gasteiger partial charge in [-0.15, -0.1) is 0 Å². The van der Waals surface area contributed by atoms with E-state index < -0.39 is 6.04 Å². The van der Waals surface area contributed by atoms with Gasteiger partial charge >= 0.3 is 0 Å². The molecule has 0 fully saturated rings. The number of nitrogens with zero attached hydrogens (tertiary/aromatic N) is 1. The Hall–Kier alpha value is -2.89. The Kier molecular flexibility index (Phi) is 8.19. The molecular weight excluding hydrogens is 371 g/mol. The Morgan fingerprint density at radius 2 is 1.59 bits per heavy atom. The first-order chi connectivity index (χ1) is 13.8. The van der Waals surface area contributed by atoms with Crippen LogP contribution in [0.15, 0.2) is 48.5 Å². The molecule has 0 unspecified atom stereocenters. The number of halogens is 1. The first kappa shape index (κ1) is 22.4. The summed E-state index contributed by atoms with van der Waals surface area (Å²) in [6.45, 7) is 7.46. The third kappa shape index (κ3) is 6.89. The van der Waals surface area contributed by atoms with Crippen LogP contribution in [0.25, 0.3) is 0 Å². The summed E-state index contributed by atoms with van der Waals surface area (Å²) < 4.78 is 18.8. The van der Waals surface area contributed by atoms with Crippen molar-refractivity contribution < 1.29 is 18.7 Å². The number of amides is 2. The van der Waals surface area contributed by atoms with E-state index in [9.17, 15) is 14.0 Å². The maximum atomic E-state index is 13.2. The fraction of sp³-hybridized carbons (Fsp3) is 0.391. The second-order valence-corrected chi connectivity index (χ2v) is 7.27. The van der Waals surface area contributed by atoms with Crippen LogP contribution < -0.4 is 10.1 Å². The lowest BCUT2D eigenvalue weighted by Crippen LogP contribution is -2.50. The highest BCUT2D eigenvalue weighted by Crippen LogP contribution is 2.15. The number of nitrogens with one attached hydrogen (secondary N) is 1. The van der Waals surface area contributed by atoms with E-state index in [1.54, 1.807) is 19.1 Å². The molecule has 0 saturated carbocycles. The molecule has 0 bridgehead atoms. The first-order valence-electron chi connectivity index (χ1n) is 9.86. The van der Waals surface area contributed by atoms with Crippen molar-refractivity contribution in [3.05, 3.63) is 65.5 Å². The van der Waals surface area contributed by atoms with Gasteiger partial charge in [-0.3, -0.25) is 9.59 Å². The lowest BCUT2D eigenvalue weighted by Gasteiger charge is -2.29. The van der Waals surface area contributed by atoms with Crippen LogP contribution in [0.4, 0.5) is 4.39 Å². The van der Waals surface area contributed by atoms with Gasteiger partial charge in [0, 0.05) is 12.6 Å². The number of carbonyl (C=O) groups excluding carboxylic acids is 2. The molecule has 29 heavy (non-hydrogen) atoms. The fourth-order valence-electron chi connectivity index (χ4n) is 2.82. The van der Waals surface area contributed by atoms with Crippen molar-refractivity contribution in [1.29, 1.82) is 0 Å². The van der Waals surface area contributed by atoms with Crippen molar-refractivity contribution in [2.45, 2.75) is 52.7 Å². The van der Waals surface area contributed by atoms with Crippen LogP contribution in [0.3, 0.4) is 0 Å². The van der Waals surface area contributed by atoms with E-state index in [1.165, 1.54) is 22.6 Å². The third-order valence-electron chi connectivity index (χ3n) is 4.56. The van der Waals surface area contributed by atoms with Crippen LogP contribution in [0.2, 0.25) is 0 Å². The molecule has 0 aliphatic heterocycles. The van der Waals surface area contributed by atoms with Crippen molar-refractivity contribution in [3.63, 3.8) is 0 Å². The van der Waals surface area contributed by atoms with Gasteiger partial charge in [-0.05, 0) is 62.6 Å². The molecule has 0 saturated heterocycles. The molecule has 0 spiro atoms. The highest BCUT2D eigenvalue weighted by atomic mass is 19.1. The lowest BCUT2D eigenvalue weighted by atomic mass is 10.1. The largest absolute Gasteiger partial charge is 0.484 e. The van der Waals surface area contributed by atoms with E-state index in [4.69, 9.17) is 4.74 Å². The quantitative estimate of drug-likeness (QED) is 0.698. The van der Waals surface area contributed by atoms with Gasteiger partial charge in [0.15, 0.2) is 6.61 Å². The Morgan fingerprint density at radius 3 is 2.14 bits per heavy atom. The summed E-state index contributed by atoms with van der Waals surface area (Å²) in [7, 11) is 0. The van der Waals surface area contributed by atoms with Crippen molar-refractivity contribution in [2.75, 3.05) is 6.61 Å². The standard InChI is InChI=1S/C23H29FN2O3/c1-5-18-8-12-21(13-9-18)29-15-22(27)26(17(4)23(28)25-16(2)3)14-19-6-10-20(24)11-7-19/h6-13,16-17H,5,14-15H2,1-4H3,(H,25,28)/t17-/m0/s1. The molecule has 0 aliphatic carbocycles. The van der Waals surface area contributed by atoms with Gasteiger partial charge in [-0.25, -0.2) is 4.39 Å². The number of hydrogen-bond donors (Lipinski definition) is 1. The van der Waals surface area contributed by atoms with E-state index >= 15 is 0 Å². The van der Waals surface area contributed by atoms with Gasteiger partial charge in [0.05, 0.1) is 0 Å². The number of hydrogen-bond acceptors (Lipinski definition) is 3. The summed E-state index contributed by atoms with van der Waals surface area (Å²) in [6.07, 6.45) is 0.924. The predicted molar refractivity (Wildman–Crippen MR) is 111 cm³/mol. The molecule has 6 heteroatoms. The highest BCUT2D eigenvalue weighted by Gasteiger charge is 2.26. The minimum absolute atomic E-state index is 0.0407. The van der Waals surface area contributed by atoms with Crippen molar-refractivity contribution in [3.8, 4) is 5.75 Å². The normalized spacial score (nSPS) is 11.8. The summed E-state index contributed by atoms with van der Waals surface area (Å²) in [5, 5.41) is 2.83. The molecule has 2 aromatic carbocycles. The number of benzene rings is 2. The summed E-state index contributed by atoms with van der Waals surface area (Å²) in [5.74, 6) is -0.323. The van der Waals surface area contributed by atoms with Gasteiger partial charge in [0.2, 0.25) is 5.91 Å². The number of aryl methyl sites for hydroxylation is 1. The maximum Gasteiger partial charge on any atom is 0.261 e. The van der Waals surface area contributed by atoms with Crippen molar-refractivity contribution in [2.24, 2.45) is 0 Å². The predicted octanol–water partition coefficient (Wildman–Crippen LogP) is 3.71. The molecule has 0 radical (unpaired) electrons. The molecule has 0 heterocycles. The Morgan fingerprint density at radius 1 is 1.00 bits per heavy atom. The average Bonchev–Trinajstić information content (AvgIpc) is 2.71. The molecule has 156 valence electrons. The van der Waals surface area contributed by atoms with Crippen molar-refractivity contribution in [1.82, 2.24) is 10.2 Å². The summed E-state index contributed by atoms with van der Waals surface area (Å²) in [5.41, 5.74) is 1.91. The maximum absolute atomic E-state index is 13.2. The molecule has 0 aliphatic rings. The van der Waals surface area contributed by atoms with Gasteiger partial charge in [-0.2, -0.15) is 0 Å². The molecular formula is C23H29FN2O3. The monoisotopic (exact) mass is 400 g/mol. The van der Waals surface area contributed by atoms with Gasteiger partial charge in [0.1, 0.15) is 17.6 Å². The zero-order valence-corrected chi connectivity index (χ0v) is 17.4. The van der Waals surface area contributed by atoms with Crippen LogP contribution in [-0.2, 0) is 22.6 Å². The second-order valence-electron chi connectivity index (χ2n) is 7.27. The zero-order chi connectivity index (χ0) is 21.4. The summed E-state index contributed by atoms with van der Waals surface area (Å²) in [6, 6.07) is 12.7. The SMILES string of the molecule is CCc1ccc(OCC(=O)N(Cc2ccc(F)cc2)[C@@H](C)C(=O)NC(C)C)cc1. The molecule has 2 rings (SSSR count). The van der Waals surface area contributed by atoms with Crippen LogP contribution in [-0.4, -0.2) is 35.4 Å². The molecule has 1 atom stereocenters. The fourth-order valence-corrected chi connectivity index (χ4v) is 2.82. The smallest absolute Gasteiger partial charge is 0.261 e. The van der Waals surface area contributed by atoms with E-state index in [0.29, 0.717) is 5.75 Å². The average molecular weight is 400 g/mol. The Balaban J connectivity index is 2.11. The molecule has 1 N–H and O–H groups in total. The van der Waals surface area contributed by atoms with Crippen LogP contribution >= 0.6 is 0 Å². The highest BCUT2D eigenvalue weighted by molar-refractivity contribution is 5.88. The van der Waals surface area contributed by atoms with Crippen LogP contribution in [0, 0.1) is 5.82 Å². The summed E-state index contributed by atoms with van der Waals surface area (Å²) in [4.78, 5) is 26.8. The van der Waals surface area contributed by atoms with E-state index in [2.05, 4.69) is 12.2 Å². The van der Waals surface area contributed by atoms with Crippen LogP contribution in [0.5, 0.6) is 5.75 Å². The molecule has 2 amide bonds. The minimum Gasteiger partial charge on any atom is -0.484 e. The number of carbonyl (C=O) groups is 2. The van der Waals surface area contributed by atoms with E-state index in [0.717, 1.165) is 12.0 Å². The minimum atomic E-state index is -0.693. The van der Waals surface area contributed by atoms with Crippen LogP contribution in [0.1, 0.15) is 38.8 Å². The van der Waals surface area contributed by atoms with Crippen molar-refractivity contribution >= 4 is 11.8 Å². The molecule has 0 aromatic heterocycles. The van der Waals surface area contributed by atoms with E-state index in [-0.39, 0.29) is 36.8 Å². The number of rotatable bonds is 9. The first-order valence-corrected chi connectivity index (χ1v) is 9.86. The molecule has 2 aromatic rings. The van der Waals surface area contributed by atoms with Gasteiger partial charge in [-0.1, -0.05) is 31.2 Å². The molecule has 5 nitrogen and oxygen atoms in total. The Bertz CT molecular complexity index is 804. The van der Waals surface area contributed by atoms with E-state index in [1.807, 2.05) is 38.1 Å². The number of ether oxygens (including phenoxy) is 1.